The Balaban J connectivity index is 1.69. The summed E-state index contributed by atoms with van der Waals surface area (Å²) < 4.78 is 43.3. The lowest BCUT2D eigenvalue weighted by Crippen LogP contribution is -2.09. The standard InChI is InChI=1S/C27H21ClF3N5/c1-17-6-5-8-19(12-17)20-10-11-24(35-16-26(27(29,30)31)33-18(35)2)25(14-20)36-22(15-32-34-36)13-21-7-3-4-9-23(21)28/h3-12,14-16H,13H2,1-2H3. The van der Waals surface area contributed by atoms with Crippen molar-refractivity contribution in [3.05, 3.63) is 112 Å². The van der Waals surface area contributed by atoms with Gasteiger partial charge in [0.2, 0.25) is 0 Å². The minimum absolute atomic E-state index is 0.208. The van der Waals surface area contributed by atoms with Crippen LogP contribution in [0.5, 0.6) is 0 Å². The van der Waals surface area contributed by atoms with Gasteiger partial charge in [0, 0.05) is 17.6 Å². The van der Waals surface area contributed by atoms with Crippen LogP contribution in [0.2, 0.25) is 5.02 Å². The Morgan fingerprint density at radius 2 is 1.67 bits per heavy atom. The number of benzene rings is 3. The molecule has 0 aliphatic heterocycles. The SMILES string of the molecule is Cc1cccc(-c2ccc(-n3cc(C(F)(F)F)nc3C)c(-n3nncc3Cc3ccccc3Cl)c2)c1. The highest BCUT2D eigenvalue weighted by Crippen LogP contribution is 2.33. The van der Waals surface area contributed by atoms with Gasteiger partial charge in [0.25, 0.3) is 0 Å². The molecule has 2 heterocycles. The molecule has 5 rings (SSSR count). The molecule has 0 amide bonds. The number of nitrogens with zero attached hydrogens (tertiary/aromatic N) is 5. The van der Waals surface area contributed by atoms with Crippen LogP contribution in [0, 0.1) is 13.8 Å². The first-order chi connectivity index (χ1) is 17.2. The van der Waals surface area contributed by atoms with E-state index in [1.165, 1.54) is 4.57 Å². The maximum atomic E-state index is 13.4. The van der Waals surface area contributed by atoms with Crippen molar-refractivity contribution in [2.45, 2.75) is 26.4 Å². The molecule has 182 valence electrons. The topological polar surface area (TPSA) is 48.5 Å². The molecule has 0 saturated heterocycles. The summed E-state index contributed by atoms with van der Waals surface area (Å²) in [6.45, 7) is 3.55. The molecule has 5 nitrogen and oxygen atoms in total. The van der Waals surface area contributed by atoms with Crippen molar-refractivity contribution in [1.82, 2.24) is 24.5 Å². The predicted octanol–water partition coefficient (Wildman–Crippen LogP) is 7.00. The van der Waals surface area contributed by atoms with Gasteiger partial charge < -0.3 is 4.57 Å². The molecule has 0 atom stereocenters. The van der Waals surface area contributed by atoms with Gasteiger partial charge in [-0.25, -0.2) is 9.67 Å². The number of alkyl halides is 3. The van der Waals surface area contributed by atoms with Crippen LogP contribution in [0.25, 0.3) is 22.5 Å². The van der Waals surface area contributed by atoms with E-state index in [0.29, 0.717) is 22.8 Å². The van der Waals surface area contributed by atoms with Gasteiger partial charge in [0.05, 0.1) is 23.3 Å². The maximum Gasteiger partial charge on any atom is 0.434 e. The van der Waals surface area contributed by atoms with Crippen LogP contribution >= 0.6 is 11.6 Å². The summed E-state index contributed by atoms with van der Waals surface area (Å²) in [7, 11) is 0. The van der Waals surface area contributed by atoms with Crippen molar-refractivity contribution in [2.75, 3.05) is 0 Å². The van der Waals surface area contributed by atoms with Crippen LogP contribution < -0.4 is 0 Å². The fourth-order valence-corrected chi connectivity index (χ4v) is 4.37. The third-order valence-corrected chi connectivity index (χ3v) is 6.31. The highest BCUT2D eigenvalue weighted by molar-refractivity contribution is 6.31. The summed E-state index contributed by atoms with van der Waals surface area (Å²) in [6, 6.07) is 21.0. The van der Waals surface area contributed by atoms with Crippen molar-refractivity contribution in [1.29, 1.82) is 0 Å². The molecule has 0 saturated carbocycles. The van der Waals surface area contributed by atoms with Gasteiger partial charge in [0.1, 0.15) is 5.82 Å². The quantitative estimate of drug-likeness (QED) is 0.257. The number of aromatic nitrogens is 5. The van der Waals surface area contributed by atoms with Crippen molar-refractivity contribution in [3.8, 4) is 22.5 Å². The fraction of sp³-hybridized carbons (Fsp3) is 0.148. The van der Waals surface area contributed by atoms with Crippen LogP contribution in [-0.4, -0.2) is 24.5 Å². The highest BCUT2D eigenvalue weighted by atomic mass is 35.5. The summed E-state index contributed by atoms with van der Waals surface area (Å²) in [5.74, 6) is 0.208. The summed E-state index contributed by atoms with van der Waals surface area (Å²) >= 11 is 6.38. The van der Waals surface area contributed by atoms with E-state index in [4.69, 9.17) is 11.6 Å². The smallest absolute Gasteiger partial charge is 0.301 e. The average molecular weight is 508 g/mol. The van der Waals surface area contributed by atoms with Crippen LogP contribution in [0.1, 0.15) is 28.3 Å². The largest absolute Gasteiger partial charge is 0.434 e. The van der Waals surface area contributed by atoms with E-state index in [9.17, 15) is 13.2 Å². The highest BCUT2D eigenvalue weighted by Gasteiger charge is 2.34. The van der Waals surface area contributed by atoms with Crippen molar-refractivity contribution < 1.29 is 13.2 Å². The summed E-state index contributed by atoms with van der Waals surface area (Å²) in [5.41, 5.74) is 4.71. The molecule has 3 aromatic carbocycles. The zero-order valence-corrected chi connectivity index (χ0v) is 20.2. The minimum atomic E-state index is -4.56. The predicted molar refractivity (Wildman–Crippen MR) is 133 cm³/mol. The van der Waals surface area contributed by atoms with E-state index >= 15 is 0 Å². The van der Waals surface area contributed by atoms with Crippen LogP contribution in [-0.2, 0) is 12.6 Å². The van der Waals surface area contributed by atoms with Crippen molar-refractivity contribution >= 4 is 11.6 Å². The maximum absolute atomic E-state index is 13.4. The Morgan fingerprint density at radius 3 is 2.39 bits per heavy atom. The summed E-state index contributed by atoms with van der Waals surface area (Å²) in [6.07, 6.45) is -1.48. The molecular formula is C27H21ClF3N5. The molecule has 0 unspecified atom stereocenters. The Hall–Kier alpha value is -3.91. The summed E-state index contributed by atoms with van der Waals surface area (Å²) in [5, 5.41) is 9.02. The van der Waals surface area contributed by atoms with Gasteiger partial charge in [-0.3, -0.25) is 0 Å². The first-order valence-electron chi connectivity index (χ1n) is 11.2. The van der Waals surface area contributed by atoms with E-state index in [0.717, 1.165) is 34.1 Å². The Bertz CT molecular complexity index is 1550. The number of aryl methyl sites for hydroxylation is 2. The zero-order valence-electron chi connectivity index (χ0n) is 19.5. The molecule has 0 aliphatic carbocycles. The average Bonchev–Trinajstić information content (AvgIpc) is 3.46. The molecule has 0 fully saturated rings. The molecule has 0 bridgehead atoms. The monoisotopic (exact) mass is 507 g/mol. The molecule has 2 aromatic heterocycles. The van der Waals surface area contributed by atoms with E-state index in [2.05, 4.69) is 21.4 Å². The van der Waals surface area contributed by atoms with E-state index in [1.54, 1.807) is 23.9 Å². The fourth-order valence-electron chi connectivity index (χ4n) is 4.17. The molecule has 36 heavy (non-hydrogen) atoms. The van der Waals surface area contributed by atoms with E-state index < -0.39 is 11.9 Å². The molecule has 0 aliphatic rings. The first kappa shape index (κ1) is 23.8. The Morgan fingerprint density at radius 1 is 0.889 bits per heavy atom. The number of rotatable bonds is 5. The zero-order chi connectivity index (χ0) is 25.4. The second-order valence-corrected chi connectivity index (χ2v) is 8.93. The van der Waals surface area contributed by atoms with Crippen LogP contribution in [0.3, 0.4) is 0 Å². The van der Waals surface area contributed by atoms with E-state index in [1.807, 2.05) is 61.5 Å². The van der Waals surface area contributed by atoms with Crippen molar-refractivity contribution in [2.24, 2.45) is 0 Å². The van der Waals surface area contributed by atoms with Gasteiger partial charge in [0.15, 0.2) is 5.69 Å². The lowest BCUT2D eigenvalue weighted by Gasteiger charge is -2.16. The molecule has 9 heteroatoms. The number of hydrogen-bond acceptors (Lipinski definition) is 3. The molecule has 0 spiro atoms. The molecule has 0 N–H and O–H groups in total. The minimum Gasteiger partial charge on any atom is -0.301 e. The normalized spacial score (nSPS) is 11.7. The number of halogens is 4. The van der Waals surface area contributed by atoms with E-state index in [-0.39, 0.29) is 5.82 Å². The summed E-state index contributed by atoms with van der Waals surface area (Å²) in [4.78, 5) is 3.75. The Kier molecular flexibility index (Phi) is 6.14. The van der Waals surface area contributed by atoms with Gasteiger partial charge >= 0.3 is 6.18 Å². The van der Waals surface area contributed by atoms with Gasteiger partial charge in [-0.15, -0.1) is 5.10 Å². The third-order valence-electron chi connectivity index (χ3n) is 5.94. The van der Waals surface area contributed by atoms with Gasteiger partial charge in [-0.05, 0) is 48.7 Å². The van der Waals surface area contributed by atoms with Gasteiger partial charge in [-0.2, -0.15) is 13.2 Å². The molecule has 5 aromatic rings. The molecule has 0 radical (unpaired) electrons. The second-order valence-electron chi connectivity index (χ2n) is 8.52. The third kappa shape index (κ3) is 4.64. The first-order valence-corrected chi connectivity index (χ1v) is 11.6. The Labute approximate surface area is 210 Å². The number of hydrogen-bond donors (Lipinski definition) is 0. The second kappa shape index (κ2) is 9.28. The lowest BCUT2D eigenvalue weighted by molar-refractivity contribution is -0.141. The molecular weight excluding hydrogens is 487 g/mol. The van der Waals surface area contributed by atoms with Crippen molar-refractivity contribution in [3.63, 3.8) is 0 Å². The van der Waals surface area contributed by atoms with Gasteiger partial charge in [-0.1, -0.05) is 70.9 Å². The lowest BCUT2D eigenvalue weighted by atomic mass is 10.0. The van der Waals surface area contributed by atoms with Crippen LogP contribution in [0.4, 0.5) is 13.2 Å². The van der Waals surface area contributed by atoms with Crippen LogP contribution in [0.15, 0.2) is 79.1 Å². The number of imidazole rings is 1.